The fourth-order valence-corrected chi connectivity index (χ4v) is 3.82. The van der Waals surface area contributed by atoms with E-state index < -0.39 is 0 Å². The predicted octanol–water partition coefficient (Wildman–Crippen LogP) is 1.88. The van der Waals surface area contributed by atoms with Crippen LogP contribution >= 0.6 is 0 Å². The van der Waals surface area contributed by atoms with Crippen molar-refractivity contribution in [1.82, 2.24) is 14.7 Å². The maximum absolute atomic E-state index is 5.61. The van der Waals surface area contributed by atoms with Gasteiger partial charge in [0.15, 0.2) is 0 Å². The molecule has 0 amide bonds. The molecule has 0 aromatic carbocycles. The van der Waals surface area contributed by atoms with E-state index in [2.05, 4.69) is 56.2 Å². The quantitative estimate of drug-likeness (QED) is 0.524. The standard InChI is InChI=1S/C18H39N3S3.Tc/c1-16(2,22)13-19-7-9-20(14-17(3,4)23)11-12-21(10-8-19)15-18(5,6)24;/h22-24H,7-15H2,1-6H3;/q;+7/p-3/i;1+1. The molecule has 1 fully saturated rings. The van der Waals surface area contributed by atoms with E-state index in [4.69, 9.17) is 37.9 Å². The molecule has 1 aliphatic rings. The van der Waals surface area contributed by atoms with Crippen molar-refractivity contribution in [2.24, 2.45) is 0 Å². The van der Waals surface area contributed by atoms with Crippen molar-refractivity contribution in [3.8, 4) is 0 Å². The molecular weight excluding hydrogens is 453 g/mol. The summed E-state index contributed by atoms with van der Waals surface area (Å²) in [6, 6.07) is 0. The first-order chi connectivity index (χ1) is 10.7. The third-order valence-corrected chi connectivity index (χ3v) is 4.40. The SMILES string of the molecule is CC(C)([S-])CN1CCN(CC(C)(C)[S-])CCN(CC(C)(C)[S-])CC1.[99Tc+7]. The smallest absolute Gasteiger partial charge is 0.785 e. The summed E-state index contributed by atoms with van der Waals surface area (Å²) < 4.78 is -0.255. The van der Waals surface area contributed by atoms with Crippen LogP contribution in [0.4, 0.5) is 0 Å². The van der Waals surface area contributed by atoms with Gasteiger partial charge in [-0.15, -0.1) is 14.2 Å². The Morgan fingerprint density at radius 3 is 0.800 bits per heavy atom. The second kappa shape index (κ2) is 10.9. The van der Waals surface area contributed by atoms with Gasteiger partial charge in [-0.2, -0.15) is 0 Å². The van der Waals surface area contributed by atoms with Crippen LogP contribution < -0.4 is 0 Å². The molecule has 1 aliphatic heterocycles. The van der Waals surface area contributed by atoms with Gasteiger partial charge < -0.3 is 52.6 Å². The zero-order valence-electron chi connectivity index (χ0n) is 16.8. The second-order valence-corrected chi connectivity index (χ2v) is 12.4. The van der Waals surface area contributed by atoms with E-state index in [1.165, 1.54) is 0 Å². The van der Waals surface area contributed by atoms with Crippen molar-refractivity contribution in [1.29, 1.82) is 0 Å². The summed E-state index contributed by atoms with van der Waals surface area (Å²) in [7, 11) is 0. The topological polar surface area (TPSA) is 9.72 Å². The Balaban J connectivity index is 0.00000576. The zero-order valence-corrected chi connectivity index (χ0v) is 21.1. The molecule has 0 aromatic heterocycles. The Morgan fingerprint density at radius 1 is 0.520 bits per heavy atom. The molecule has 0 N–H and O–H groups in total. The van der Waals surface area contributed by atoms with Crippen LogP contribution in [0.3, 0.4) is 0 Å². The van der Waals surface area contributed by atoms with E-state index in [9.17, 15) is 0 Å². The first-order valence-corrected chi connectivity index (χ1v) is 10.2. The minimum absolute atomic E-state index is 0. The predicted molar refractivity (Wildman–Crippen MR) is 114 cm³/mol. The Bertz CT molecular complexity index is 306. The van der Waals surface area contributed by atoms with Crippen molar-refractivity contribution in [2.75, 3.05) is 58.9 Å². The van der Waals surface area contributed by atoms with Crippen molar-refractivity contribution in [3.63, 3.8) is 0 Å². The van der Waals surface area contributed by atoms with Gasteiger partial charge in [-0.25, -0.2) is 0 Å². The van der Waals surface area contributed by atoms with Crippen LogP contribution in [0, 0.1) is 0 Å². The molecule has 0 atom stereocenters. The van der Waals surface area contributed by atoms with Crippen LogP contribution in [0.15, 0.2) is 0 Å². The maximum Gasteiger partial charge on any atom is 7.00 e. The van der Waals surface area contributed by atoms with E-state index in [0.29, 0.717) is 0 Å². The monoisotopic (exact) mass is 489 g/mol. The van der Waals surface area contributed by atoms with E-state index >= 15 is 0 Å². The second-order valence-electron chi connectivity index (χ2n) is 9.11. The normalized spacial score (nSPS) is 20.5. The summed E-state index contributed by atoms with van der Waals surface area (Å²) in [4.78, 5) is 7.56. The van der Waals surface area contributed by atoms with E-state index in [1.807, 2.05) is 0 Å². The molecule has 3 nitrogen and oxygen atoms in total. The molecular formula is C18H36N3S3Tc+4. The molecule has 1 heterocycles. The van der Waals surface area contributed by atoms with Crippen LogP contribution in [-0.2, 0) is 58.0 Å². The van der Waals surface area contributed by atoms with Gasteiger partial charge in [0.1, 0.15) is 0 Å². The summed E-state index contributed by atoms with van der Waals surface area (Å²) in [5, 5.41) is 0. The summed E-state index contributed by atoms with van der Waals surface area (Å²) in [6.45, 7) is 22.1. The maximum atomic E-state index is 5.61. The third-order valence-electron chi connectivity index (χ3n) is 4.01. The molecule has 0 bridgehead atoms. The molecule has 0 radical (unpaired) electrons. The molecule has 1 saturated heterocycles. The van der Waals surface area contributed by atoms with Crippen LogP contribution in [0.25, 0.3) is 0 Å². The molecule has 0 unspecified atom stereocenters. The number of nitrogens with zero attached hydrogens (tertiary/aromatic N) is 3. The first-order valence-electron chi connectivity index (χ1n) is 9.02. The molecule has 0 aromatic rings. The van der Waals surface area contributed by atoms with Crippen molar-refractivity contribution in [2.45, 2.75) is 55.8 Å². The van der Waals surface area contributed by atoms with Crippen LogP contribution in [-0.4, -0.2) is 87.8 Å². The van der Waals surface area contributed by atoms with Gasteiger partial charge in [0, 0.05) is 39.3 Å². The first kappa shape index (κ1) is 26.6. The van der Waals surface area contributed by atoms with Gasteiger partial charge in [0.05, 0.1) is 0 Å². The fourth-order valence-electron chi connectivity index (χ4n) is 3.27. The Labute approximate surface area is 186 Å². The van der Waals surface area contributed by atoms with Crippen molar-refractivity contribution < 1.29 is 20.1 Å². The van der Waals surface area contributed by atoms with Gasteiger partial charge >= 0.3 is 20.1 Å². The fraction of sp³-hybridized carbons (Fsp3) is 1.00. The van der Waals surface area contributed by atoms with Gasteiger partial charge in [0.2, 0.25) is 0 Å². The van der Waals surface area contributed by atoms with Gasteiger partial charge in [0.25, 0.3) is 0 Å². The molecule has 0 spiro atoms. The van der Waals surface area contributed by atoms with E-state index in [0.717, 1.165) is 58.9 Å². The van der Waals surface area contributed by atoms with Crippen molar-refractivity contribution >= 4 is 37.9 Å². The zero-order chi connectivity index (χ0) is 18.6. The van der Waals surface area contributed by atoms with Crippen LogP contribution in [0.5, 0.6) is 0 Å². The molecule has 7 heteroatoms. The van der Waals surface area contributed by atoms with Gasteiger partial charge in [-0.1, -0.05) is 41.5 Å². The average Bonchev–Trinajstić information content (AvgIpc) is 2.39. The van der Waals surface area contributed by atoms with Gasteiger partial charge in [-0.05, 0) is 19.6 Å². The molecule has 25 heavy (non-hydrogen) atoms. The average molecular weight is 490 g/mol. The van der Waals surface area contributed by atoms with Gasteiger partial charge in [-0.3, -0.25) is 0 Å². The number of hydrogen-bond acceptors (Lipinski definition) is 6. The Kier molecular flexibility index (Phi) is 11.6. The summed E-state index contributed by atoms with van der Waals surface area (Å²) in [5.74, 6) is 0. The summed E-state index contributed by atoms with van der Waals surface area (Å²) in [5.41, 5.74) is 0. The Hall–Kier alpha value is 1.58. The number of rotatable bonds is 6. The summed E-state index contributed by atoms with van der Waals surface area (Å²) in [6.07, 6.45) is 0. The molecule has 144 valence electrons. The van der Waals surface area contributed by atoms with Crippen LogP contribution in [0.2, 0.25) is 0 Å². The minimum Gasteiger partial charge on any atom is -0.785 e. The van der Waals surface area contributed by atoms with E-state index in [-0.39, 0.29) is 34.3 Å². The largest absolute Gasteiger partial charge is 7.00 e. The summed E-state index contributed by atoms with van der Waals surface area (Å²) >= 11 is 16.8. The minimum atomic E-state index is -0.0850. The van der Waals surface area contributed by atoms with Crippen molar-refractivity contribution in [3.05, 3.63) is 0 Å². The Morgan fingerprint density at radius 2 is 0.680 bits per heavy atom. The van der Waals surface area contributed by atoms with E-state index in [1.54, 1.807) is 0 Å². The molecule has 0 aliphatic carbocycles. The number of hydrogen-bond donors (Lipinski definition) is 0. The van der Waals surface area contributed by atoms with Crippen LogP contribution in [0.1, 0.15) is 41.5 Å². The molecule has 1 rings (SSSR count). The third kappa shape index (κ3) is 14.3. The molecule has 0 saturated carbocycles.